The van der Waals surface area contributed by atoms with Crippen molar-refractivity contribution in [2.75, 3.05) is 46.1 Å². The van der Waals surface area contributed by atoms with Gasteiger partial charge in [-0.05, 0) is 37.1 Å². The fourth-order valence-electron chi connectivity index (χ4n) is 2.88. The van der Waals surface area contributed by atoms with Crippen LogP contribution in [-0.4, -0.2) is 70.8 Å². The predicted octanol–water partition coefficient (Wildman–Crippen LogP) is 0.382. The molecule has 0 unspecified atom stereocenters. The highest BCUT2D eigenvalue weighted by Gasteiger charge is 2.26. The van der Waals surface area contributed by atoms with Crippen LogP contribution in [0.2, 0.25) is 0 Å². The number of hydrogen-bond acceptors (Lipinski definition) is 6. The summed E-state index contributed by atoms with van der Waals surface area (Å²) in [5.41, 5.74) is 0. The van der Waals surface area contributed by atoms with Crippen molar-refractivity contribution in [1.82, 2.24) is 9.62 Å². The lowest BCUT2D eigenvalue weighted by Gasteiger charge is -2.26. The number of sulfonamides is 1. The van der Waals surface area contributed by atoms with Gasteiger partial charge in [0.05, 0.1) is 24.2 Å². The van der Waals surface area contributed by atoms with Crippen LogP contribution in [0.15, 0.2) is 29.2 Å². The second-order valence-electron chi connectivity index (χ2n) is 6.22. The number of hydrogen-bond donors (Lipinski definition) is 1. The maximum absolute atomic E-state index is 12.5. The molecule has 8 nitrogen and oxygen atoms in total. The van der Waals surface area contributed by atoms with Crippen molar-refractivity contribution in [2.24, 2.45) is 0 Å². The Morgan fingerprint density at radius 1 is 1.19 bits per heavy atom. The minimum Gasteiger partial charge on any atom is -0.484 e. The van der Waals surface area contributed by atoms with E-state index < -0.39 is 10.0 Å². The summed E-state index contributed by atoms with van der Waals surface area (Å²) in [5, 5.41) is 2.77. The lowest BCUT2D eigenvalue weighted by Crippen LogP contribution is -2.40. The molecule has 144 valence electrons. The molecular weight excluding hydrogens is 360 g/mol. The number of nitrogens with one attached hydrogen (secondary N) is 1. The van der Waals surface area contributed by atoms with Gasteiger partial charge in [-0.3, -0.25) is 4.79 Å². The molecule has 1 N–H and O–H groups in total. The lowest BCUT2D eigenvalue weighted by atomic mass is 10.2. The SMILES string of the molecule is O=C(COc1ccc(S(=O)(=O)N2CCOCC2)cc1)NC[C@H]1CCCO1. The molecule has 2 saturated heterocycles. The zero-order chi connectivity index (χ0) is 18.4. The van der Waals surface area contributed by atoms with Crippen LogP contribution in [-0.2, 0) is 24.3 Å². The topological polar surface area (TPSA) is 94.2 Å². The number of rotatable bonds is 7. The van der Waals surface area contributed by atoms with Crippen molar-refractivity contribution in [3.05, 3.63) is 24.3 Å². The molecule has 0 bridgehead atoms. The number of ether oxygens (including phenoxy) is 3. The highest BCUT2D eigenvalue weighted by atomic mass is 32.2. The molecule has 2 aliphatic heterocycles. The monoisotopic (exact) mass is 384 g/mol. The van der Waals surface area contributed by atoms with E-state index in [1.807, 2.05) is 0 Å². The van der Waals surface area contributed by atoms with Crippen LogP contribution in [0.25, 0.3) is 0 Å². The van der Waals surface area contributed by atoms with E-state index in [2.05, 4.69) is 5.32 Å². The predicted molar refractivity (Wildman–Crippen MR) is 93.5 cm³/mol. The van der Waals surface area contributed by atoms with Gasteiger partial charge >= 0.3 is 0 Å². The van der Waals surface area contributed by atoms with Gasteiger partial charge in [0.25, 0.3) is 5.91 Å². The van der Waals surface area contributed by atoms with E-state index in [0.29, 0.717) is 38.6 Å². The van der Waals surface area contributed by atoms with Crippen molar-refractivity contribution in [1.29, 1.82) is 0 Å². The maximum Gasteiger partial charge on any atom is 0.258 e. The fraction of sp³-hybridized carbons (Fsp3) is 0.588. The van der Waals surface area contributed by atoms with Gasteiger partial charge in [0, 0.05) is 26.2 Å². The average Bonchev–Trinajstić information content (AvgIpc) is 3.19. The van der Waals surface area contributed by atoms with Gasteiger partial charge in [0.1, 0.15) is 5.75 Å². The molecule has 2 aliphatic rings. The first-order valence-electron chi connectivity index (χ1n) is 8.75. The molecule has 1 amide bonds. The number of nitrogens with zero attached hydrogens (tertiary/aromatic N) is 1. The molecule has 9 heteroatoms. The average molecular weight is 384 g/mol. The summed E-state index contributed by atoms with van der Waals surface area (Å²) < 4.78 is 42.5. The molecule has 2 fully saturated rings. The Bertz CT molecular complexity index is 694. The standard InChI is InChI=1S/C17H24N2O6S/c20-17(18-12-15-2-1-9-24-15)13-25-14-3-5-16(6-4-14)26(21,22)19-7-10-23-11-8-19/h3-6,15H,1-2,7-13H2,(H,18,20)/t15-/m1/s1. The molecule has 1 atom stereocenters. The molecular formula is C17H24N2O6S. The fourth-order valence-corrected chi connectivity index (χ4v) is 4.28. The third kappa shape index (κ3) is 4.94. The minimum absolute atomic E-state index is 0.0867. The van der Waals surface area contributed by atoms with Crippen LogP contribution in [0.5, 0.6) is 5.75 Å². The van der Waals surface area contributed by atoms with Crippen molar-refractivity contribution in [3.8, 4) is 5.75 Å². The van der Waals surface area contributed by atoms with Crippen molar-refractivity contribution < 1.29 is 27.4 Å². The van der Waals surface area contributed by atoms with Crippen molar-refractivity contribution in [2.45, 2.75) is 23.8 Å². The van der Waals surface area contributed by atoms with Gasteiger partial charge < -0.3 is 19.5 Å². The minimum atomic E-state index is -3.52. The summed E-state index contributed by atoms with van der Waals surface area (Å²) in [7, 11) is -3.52. The summed E-state index contributed by atoms with van der Waals surface area (Å²) in [6, 6.07) is 6.09. The summed E-state index contributed by atoms with van der Waals surface area (Å²) >= 11 is 0. The quantitative estimate of drug-likeness (QED) is 0.731. The van der Waals surface area contributed by atoms with Crippen LogP contribution >= 0.6 is 0 Å². The summed E-state index contributed by atoms with van der Waals surface area (Å²) in [4.78, 5) is 12.0. The molecule has 1 aromatic rings. The molecule has 2 heterocycles. The Morgan fingerprint density at radius 2 is 1.92 bits per heavy atom. The third-order valence-corrected chi connectivity index (χ3v) is 6.27. The van der Waals surface area contributed by atoms with Gasteiger partial charge in [-0.25, -0.2) is 8.42 Å². The van der Waals surface area contributed by atoms with E-state index in [-0.39, 0.29) is 23.5 Å². The number of amides is 1. The van der Waals surface area contributed by atoms with Crippen LogP contribution in [0.1, 0.15) is 12.8 Å². The van der Waals surface area contributed by atoms with Crippen molar-refractivity contribution >= 4 is 15.9 Å². The van der Waals surface area contributed by atoms with Crippen LogP contribution in [0, 0.1) is 0 Å². The Labute approximate surface area is 153 Å². The molecule has 0 saturated carbocycles. The van der Waals surface area contributed by atoms with E-state index in [0.717, 1.165) is 19.4 Å². The molecule has 0 aromatic heterocycles. The summed E-state index contributed by atoms with van der Waals surface area (Å²) in [5.74, 6) is 0.212. The van der Waals surface area contributed by atoms with Crippen LogP contribution in [0.4, 0.5) is 0 Å². The molecule has 1 aromatic carbocycles. The summed E-state index contributed by atoms with van der Waals surface area (Å²) in [6.07, 6.45) is 2.07. The van der Waals surface area contributed by atoms with Gasteiger partial charge in [-0.2, -0.15) is 4.31 Å². The lowest BCUT2D eigenvalue weighted by molar-refractivity contribution is -0.123. The number of carbonyl (C=O) groups excluding carboxylic acids is 1. The van der Waals surface area contributed by atoms with Gasteiger partial charge in [0.2, 0.25) is 10.0 Å². The Morgan fingerprint density at radius 3 is 2.58 bits per heavy atom. The number of morpholine rings is 1. The summed E-state index contributed by atoms with van der Waals surface area (Å²) in [6.45, 7) is 2.62. The molecule has 3 rings (SSSR count). The van der Waals surface area contributed by atoms with Crippen LogP contribution in [0.3, 0.4) is 0 Å². The zero-order valence-corrected chi connectivity index (χ0v) is 15.4. The number of benzene rings is 1. The van der Waals surface area contributed by atoms with E-state index >= 15 is 0 Å². The van der Waals surface area contributed by atoms with E-state index in [9.17, 15) is 13.2 Å². The van der Waals surface area contributed by atoms with Gasteiger partial charge in [-0.15, -0.1) is 0 Å². The van der Waals surface area contributed by atoms with E-state index in [1.165, 1.54) is 16.4 Å². The first-order valence-corrected chi connectivity index (χ1v) is 10.2. The Kier molecular flexibility index (Phi) is 6.47. The zero-order valence-electron chi connectivity index (χ0n) is 14.6. The second kappa shape index (κ2) is 8.81. The maximum atomic E-state index is 12.5. The first-order chi connectivity index (χ1) is 12.6. The highest BCUT2D eigenvalue weighted by molar-refractivity contribution is 7.89. The second-order valence-corrected chi connectivity index (χ2v) is 8.15. The third-order valence-electron chi connectivity index (χ3n) is 4.35. The van der Waals surface area contributed by atoms with E-state index in [4.69, 9.17) is 14.2 Å². The van der Waals surface area contributed by atoms with Gasteiger partial charge in [0.15, 0.2) is 6.61 Å². The van der Waals surface area contributed by atoms with Crippen LogP contribution < -0.4 is 10.1 Å². The first kappa shape index (κ1) is 19.1. The van der Waals surface area contributed by atoms with Gasteiger partial charge in [-0.1, -0.05) is 0 Å². The van der Waals surface area contributed by atoms with Crippen molar-refractivity contribution in [3.63, 3.8) is 0 Å². The Hall–Kier alpha value is -1.68. The molecule has 0 aliphatic carbocycles. The molecule has 0 radical (unpaired) electrons. The van der Waals surface area contributed by atoms with E-state index in [1.54, 1.807) is 12.1 Å². The normalized spacial score (nSPS) is 21.5. The largest absolute Gasteiger partial charge is 0.484 e. The Balaban J connectivity index is 1.48. The number of carbonyl (C=O) groups is 1. The smallest absolute Gasteiger partial charge is 0.258 e. The molecule has 26 heavy (non-hydrogen) atoms. The highest BCUT2D eigenvalue weighted by Crippen LogP contribution is 2.20. The molecule has 0 spiro atoms.